The van der Waals surface area contributed by atoms with Gasteiger partial charge in [0.15, 0.2) is 0 Å². The Labute approximate surface area is 84.3 Å². The highest BCUT2D eigenvalue weighted by Crippen LogP contribution is 2.16. The maximum atomic E-state index is 6.02. The molecule has 0 aliphatic carbocycles. The predicted molar refractivity (Wildman–Crippen MR) is 54.8 cm³/mol. The van der Waals surface area contributed by atoms with Gasteiger partial charge in [0.05, 0.1) is 6.61 Å². The maximum Gasteiger partial charge on any atom is 0.0512 e. The van der Waals surface area contributed by atoms with Crippen molar-refractivity contribution in [2.75, 3.05) is 13.2 Å². The van der Waals surface area contributed by atoms with Gasteiger partial charge in [-0.25, -0.2) is 0 Å². The third-order valence-corrected chi connectivity index (χ3v) is 2.73. The second kappa shape index (κ2) is 4.53. The number of hydrogen-bond donors (Lipinski definition) is 1. The largest absolute Gasteiger partial charge is 0.381 e. The van der Waals surface area contributed by atoms with Crippen molar-refractivity contribution >= 4 is 0 Å². The van der Waals surface area contributed by atoms with E-state index in [0.29, 0.717) is 5.92 Å². The first-order chi connectivity index (χ1) is 6.86. The minimum Gasteiger partial charge on any atom is -0.381 e. The highest BCUT2D eigenvalue weighted by atomic mass is 16.5. The van der Waals surface area contributed by atoms with Crippen LogP contribution in [-0.2, 0) is 11.2 Å². The predicted octanol–water partition coefficient (Wildman–Crippen LogP) is 0.988. The highest BCUT2D eigenvalue weighted by Gasteiger charge is 2.22. The second-order valence-corrected chi connectivity index (χ2v) is 3.81. The molecule has 1 aromatic rings. The fourth-order valence-corrected chi connectivity index (χ4v) is 1.81. The molecule has 0 amide bonds. The maximum absolute atomic E-state index is 6.02. The van der Waals surface area contributed by atoms with E-state index in [0.717, 1.165) is 31.7 Å². The number of ether oxygens (including phenoxy) is 1. The lowest BCUT2D eigenvalue weighted by molar-refractivity contribution is 0.0419. The van der Waals surface area contributed by atoms with Crippen LogP contribution in [0.2, 0.25) is 0 Å². The topological polar surface area (TPSA) is 48.1 Å². The molecule has 1 aromatic heterocycles. The van der Waals surface area contributed by atoms with Crippen molar-refractivity contribution in [2.24, 2.45) is 11.7 Å². The van der Waals surface area contributed by atoms with E-state index >= 15 is 0 Å². The molecular formula is C11H16N2O. The number of rotatable bonds is 2. The average Bonchev–Trinajstić information content (AvgIpc) is 2.23. The summed E-state index contributed by atoms with van der Waals surface area (Å²) in [6, 6.07) is 6.25. The molecule has 1 saturated heterocycles. The zero-order chi connectivity index (χ0) is 9.80. The molecule has 2 atom stereocenters. The first kappa shape index (κ1) is 9.62. The zero-order valence-corrected chi connectivity index (χ0v) is 8.23. The van der Waals surface area contributed by atoms with Crippen molar-refractivity contribution in [3.8, 4) is 0 Å². The molecule has 1 aliphatic heterocycles. The molecule has 2 unspecified atom stereocenters. The van der Waals surface area contributed by atoms with Gasteiger partial charge >= 0.3 is 0 Å². The van der Waals surface area contributed by atoms with Crippen LogP contribution in [-0.4, -0.2) is 24.2 Å². The molecule has 0 spiro atoms. The minimum absolute atomic E-state index is 0.269. The summed E-state index contributed by atoms with van der Waals surface area (Å²) in [4.78, 5) is 4.30. The van der Waals surface area contributed by atoms with E-state index in [1.807, 2.05) is 24.4 Å². The van der Waals surface area contributed by atoms with E-state index in [-0.39, 0.29) is 6.04 Å². The molecule has 2 N–H and O–H groups in total. The standard InChI is InChI=1S/C11H16N2O/c12-11-4-6-14-8-9(11)7-10-3-1-2-5-13-10/h1-3,5,9,11H,4,6-8,12H2. The van der Waals surface area contributed by atoms with E-state index < -0.39 is 0 Å². The van der Waals surface area contributed by atoms with Gasteiger partial charge in [0.1, 0.15) is 0 Å². The van der Waals surface area contributed by atoms with Crippen LogP contribution >= 0.6 is 0 Å². The third kappa shape index (κ3) is 2.30. The molecule has 2 rings (SSSR count). The summed E-state index contributed by atoms with van der Waals surface area (Å²) in [5.41, 5.74) is 7.13. The van der Waals surface area contributed by atoms with Crippen molar-refractivity contribution in [3.63, 3.8) is 0 Å². The molecule has 1 fully saturated rings. The fraction of sp³-hybridized carbons (Fsp3) is 0.545. The van der Waals surface area contributed by atoms with Gasteiger partial charge in [0, 0.05) is 30.5 Å². The number of hydrogen-bond acceptors (Lipinski definition) is 3. The van der Waals surface area contributed by atoms with Crippen LogP contribution in [0.4, 0.5) is 0 Å². The van der Waals surface area contributed by atoms with Crippen LogP contribution in [0.3, 0.4) is 0 Å². The van der Waals surface area contributed by atoms with Crippen molar-refractivity contribution in [3.05, 3.63) is 30.1 Å². The zero-order valence-electron chi connectivity index (χ0n) is 8.23. The number of pyridine rings is 1. The van der Waals surface area contributed by atoms with E-state index in [1.54, 1.807) is 0 Å². The molecule has 0 saturated carbocycles. The molecular weight excluding hydrogens is 176 g/mol. The normalized spacial score (nSPS) is 27.5. The summed E-state index contributed by atoms with van der Waals surface area (Å²) in [5, 5.41) is 0. The number of aromatic nitrogens is 1. The van der Waals surface area contributed by atoms with E-state index in [2.05, 4.69) is 4.98 Å². The number of nitrogens with two attached hydrogens (primary N) is 1. The van der Waals surface area contributed by atoms with E-state index in [1.165, 1.54) is 0 Å². The summed E-state index contributed by atoms with van der Waals surface area (Å²) >= 11 is 0. The van der Waals surface area contributed by atoms with Gasteiger partial charge in [-0.15, -0.1) is 0 Å². The Morgan fingerprint density at radius 3 is 3.14 bits per heavy atom. The van der Waals surface area contributed by atoms with Crippen molar-refractivity contribution < 1.29 is 4.74 Å². The lowest BCUT2D eigenvalue weighted by Crippen LogP contribution is -2.39. The molecule has 3 nitrogen and oxygen atoms in total. The van der Waals surface area contributed by atoms with Gasteiger partial charge in [-0.3, -0.25) is 4.98 Å². The minimum atomic E-state index is 0.269. The molecule has 76 valence electrons. The molecule has 2 heterocycles. The van der Waals surface area contributed by atoms with Crippen molar-refractivity contribution in [1.29, 1.82) is 0 Å². The molecule has 3 heteroatoms. The number of nitrogens with zero attached hydrogens (tertiary/aromatic N) is 1. The SMILES string of the molecule is NC1CCOCC1Cc1ccccn1. The Morgan fingerprint density at radius 2 is 2.43 bits per heavy atom. The lowest BCUT2D eigenvalue weighted by atomic mass is 9.92. The third-order valence-electron chi connectivity index (χ3n) is 2.73. The monoisotopic (exact) mass is 192 g/mol. The van der Waals surface area contributed by atoms with Crippen LogP contribution in [0.15, 0.2) is 24.4 Å². The summed E-state index contributed by atoms with van der Waals surface area (Å²) in [7, 11) is 0. The Hall–Kier alpha value is -0.930. The van der Waals surface area contributed by atoms with E-state index in [9.17, 15) is 0 Å². The van der Waals surface area contributed by atoms with Crippen LogP contribution in [0, 0.1) is 5.92 Å². The smallest absolute Gasteiger partial charge is 0.0512 e. The Morgan fingerprint density at radius 1 is 1.50 bits per heavy atom. The van der Waals surface area contributed by atoms with Crippen molar-refractivity contribution in [1.82, 2.24) is 4.98 Å². The molecule has 14 heavy (non-hydrogen) atoms. The fourth-order valence-electron chi connectivity index (χ4n) is 1.81. The molecule has 0 aromatic carbocycles. The van der Waals surface area contributed by atoms with Crippen LogP contribution in [0.25, 0.3) is 0 Å². The summed E-state index contributed by atoms with van der Waals surface area (Å²) < 4.78 is 5.42. The van der Waals surface area contributed by atoms with Crippen LogP contribution < -0.4 is 5.73 Å². The van der Waals surface area contributed by atoms with Gasteiger partial charge in [-0.05, 0) is 25.0 Å². The van der Waals surface area contributed by atoms with Gasteiger partial charge in [0.2, 0.25) is 0 Å². The van der Waals surface area contributed by atoms with Gasteiger partial charge < -0.3 is 10.5 Å². The molecule has 0 bridgehead atoms. The molecule has 0 radical (unpaired) electrons. The Balaban J connectivity index is 1.96. The summed E-state index contributed by atoms with van der Waals surface area (Å²) in [6.45, 7) is 1.58. The quantitative estimate of drug-likeness (QED) is 0.760. The van der Waals surface area contributed by atoms with Gasteiger partial charge in [-0.2, -0.15) is 0 Å². The molecule has 1 aliphatic rings. The average molecular weight is 192 g/mol. The summed E-state index contributed by atoms with van der Waals surface area (Å²) in [6.07, 6.45) is 3.73. The Bertz CT molecular complexity index is 276. The van der Waals surface area contributed by atoms with Crippen LogP contribution in [0.1, 0.15) is 12.1 Å². The van der Waals surface area contributed by atoms with E-state index in [4.69, 9.17) is 10.5 Å². The van der Waals surface area contributed by atoms with Gasteiger partial charge in [-0.1, -0.05) is 6.07 Å². The Kier molecular flexibility index (Phi) is 3.11. The van der Waals surface area contributed by atoms with Crippen molar-refractivity contribution in [2.45, 2.75) is 18.9 Å². The summed E-state index contributed by atoms with van der Waals surface area (Å²) in [5.74, 6) is 0.429. The lowest BCUT2D eigenvalue weighted by Gasteiger charge is -2.28. The first-order valence-corrected chi connectivity index (χ1v) is 5.09. The van der Waals surface area contributed by atoms with Crippen LogP contribution in [0.5, 0.6) is 0 Å². The first-order valence-electron chi connectivity index (χ1n) is 5.09. The second-order valence-electron chi connectivity index (χ2n) is 3.81. The highest BCUT2D eigenvalue weighted by molar-refractivity contribution is 5.05. The van der Waals surface area contributed by atoms with Gasteiger partial charge in [0.25, 0.3) is 0 Å².